The molecule has 2 amide bonds. The summed E-state index contributed by atoms with van der Waals surface area (Å²) in [5, 5.41) is 2.77. The first-order chi connectivity index (χ1) is 14.2. The highest BCUT2D eigenvalue weighted by Crippen LogP contribution is 2.33. The molecule has 30 heavy (non-hydrogen) atoms. The smallest absolute Gasteiger partial charge is 0.406 e. The Balaban J connectivity index is 1.53. The third-order valence-electron chi connectivity index (χ3n) is 4.50. The van der Waals surface area contributed by atoms with Crippen molar-refractivity contribution in [2.75, 3.05) is 28.3 Å². The molecule has 0 saturated carbocycles. The summed E-state index contributed by atoms with van der Waals surface area (Å²) in [4.78, 5) is 26.2. The minimum absolute atomic E-state index is 0.0988. The zero-order valence-corrected chi connectivity index (χ0v) is 17.1. The average molecular weight is 438 g/mol. The molecule has 9 heteroatoms. The number of carbonyl (C=O) groups is 2. The molecule has 0 aromatic heterocycles. The van der Waals surface area contributed by atoms with Gasteiger partial charge in [-0.3, -0.25) is 9.59 Å². The second-order valence-electron chi connectivity index (χ2n) is 6.89. The molecule has 2 aromatic rings. The van der Waals surface area contributed by atoms with Crippen molar-refractivity contribution in [1.82, 2.24) is 0 Å². The molecule has 0 unspecified atom stereocenters. The molecule has 0 saturated heterocycles. The first-order valence-electron chi connectivity index (χ1n) is 9.34. The third kappa shape index (κ3) is 6.16. The van der Waals surface area contributed by atoms with Gasteiger partial charge in [0.1, 0.15) is 5.75 Å². The molecule has 0 aliphatic carbocycles. The maximum atomic E-state index is 12.6. The summed E-state index contributed by atoms with van der Waals surface area (Å²) >= 11 is 1.19. The summed E-state index contributed by atoms with van der Waals surface area (Å²) in [6, 6.07) is 11.4. The molecule has 1 heterocycles. The van der Waals surface area contributed by atoms with Crippen LogP contribution in [0.15, 0.2) is 42.5 Å². The molecule has 1 aliphatic rings. The summed E-state index contributed by atoms with van der Waals surface area (Å²) < 4.78 is 41.2. The lowest BCUT2D eigenvalue weighted by Crippen LogP contribution is -2.37. The van der Waals surface area contributed by atoms with Gasteiger partial charge < -0.3 is 15.0 Å². The quantitative estimate of drug-likeness (QED) is 0.719. The highest BCUT2D eigenvalue weighted by molar-refractivity contribution is 8.00. The first-order valence-corrected chi connectivity index (χ1v) is 10.5. The Bertz CT molecular complexity index is 917. The van der Waals surface area contributed by atoms with Crippen LogP contribution in [0.4, 0.5) is 24.5 Å². The molecule has 0 radical (unpaired) electrons. The zero-order chi connectivity index (χ0) is 21.7. The summed E-state index contributed by atoms with van der Waals surface area (Å²) in [7, 11) is 0. The summed E-state index contributed by atoms with van der Waals surface area (Å²) in [6.45, 7) is 2.44. The number of anilines is 2. The molecule has 0 fully saturated rings. The fourth-order valence-corrected chi connectivity index (χ4v) is 3.86. The lowest BCUT2D eigenvalue weighted by molar-refractivity contribution is -0.274. The number of nitrogens with one attached hydrogen (secondary N) is 1. The first kappa shape index (κ1) is 22.0. The topological polar surface area (TPSA) is 58.6 Å². The SMILES string of the molecule is Cc1ccc(NC(=O)CSCC(=O)N2CCCc3cc(OC(F)(F)F)ccc32)cc1. The monoisotopic (exact) mass is 438 g/mol. The lowest BCUT2D eigenvalue weighted by Gasteiger charge is -2.30. The molecular formula is C21H21F3N2O3S. The standard InChI is InChI=1S/C21H21F3N2O3S/c1-14-4-6-16(7-5-14)25-19(27)12-30-13-20(28)26-10-2-3-15-11-17(8-9-18(15)26)29-21(22,23)24/h4-9,11H,2-3,10,12-13H2,1H3,(H,25,27). The van der Waals surface area contributed by atoms with Gasteiger partial charge in [-0.15, -0.1) is 24.9 Å². The fraction of sp³-hybridized carbons (Fsp3) is 0.333. The molecule has 1 N–H and O–H groups in total. The number of thioether (sulfide) groups is 1. The Morgan fingerprint density at radius 1 is 1.13 bits per heavy atom. The molecule has 2 aromatic carbocycles. The molecule has 0 spiro atoms. The van der Waals surface area contributed by atoms with Crippen molar-refractivity contribution in [3.05, 3.63) is 53.6 Å². The fourth-order valence-electron chi connectivity index (χ4n) is 3.17. The van der Waals surface area contributed by atoms with E-state index in [2.05, 4.69) is 10.1 Å². The van der Waals surface area contributed by atoms with Crippen LogP contribution >= 0.6 is 11.8 Å². The van der Waals surface area contributed by atoms with Crippen molar-refractivity contribution in [1.29, 1.82) is 0 Å². The average Bonchev–Trinajstić information content (AvgIpc) is 2.67. The van der Waals surface area contributed by atoms with Gasteiger partial charge in [0, 0.05) is 17.9 Å². The number of hydrogen-bond donors (Lipinski definition) is 1. The van der Waals surface area contributed by atoms with Crippen molar-refractivity contribution in [2.24, 2.45) is 0 Å². The van der Waals surface area contributed by atoms with Crippen molar-refractivity contribution in [3.63, 3.8) is 0 Å². The van der Waals surface area contributed by atoms with Crippen LogP contribution < -0.4 is 15.0 Å². The van der Waals surface area contributed by atoms with Gasteiger partial charge in [-0.1, -0.05) is 17.7 Å². The lowest BCUT2D eigenvalue weighted by atomic mass is 10.0. The summed E-state index contributed by atoms with van der Waals surface area (Å²) in [5.41, 5.74) is 3.01. The van der Waals surface area contributed by atoms with E-state index in [0.717, 1.165) is 5.56 Å². The second-order valence-corrected chi connectivity index (χ2v) is 7.88. The van der Waals surface area contributed by atoms with Crippen molar-refractivity contribution in [3.8, 4) is 5.75 Å². The number of fused-ring (bicyclic) bond motifs is 1. The number of benzene rings is 2. The van der Waals surface area contributed by atoms with Crippen LogP contribution in [0.3, 0.4) is 0 Å². The Morgan fingerprint density at radius 3 is 2.57 bits per heavy atom. The minimum Gasteiger partial charge on any atom is -0.406 e. The number of alkyl halides is 3. The van der Waals surface area contributed by atoms with Crippen LogP contribution in [-0.4, -0.2) is 36.2 Å². The largest absolute Gasteiger partial charge is 0.573 e. The van der Waals surface area contributed by atoms with Gasteiger partial charge in [-0.2, -0.15) is 0 Å². The van der Waals surface area contributed by atoms with Gasteiger partial charge in [0.25, 0.3) is 0 Å². The minimum atomic E-state index is -4.76. The van der Waals surface area contributed by atoms with E-state index in [1.165, 1.54) is 30.0 Å². The van der Waals surface area contributed by atoms with E-state index >= 15 is 0 Å². The Morgan fingerprint density at radius 2 is 1.87 bits per heavy atom. The van der Waals surface area contributed by atoms with Crippen molar-refractivity contribution >= 4 is 35.0 Å². The van der Waals surface area contributed by atoms with Gasteiger partial charge in [0.15, 0.2) is 0 Å². The van der Waals surface area contributed by atoms with Gasteiger partial charge in [-0.25, -0.2) is 0 Å². The highest BCUT2D eigenvalue weighted by atomic mass is 32.2. The molecule has 1 aliphatic heterocycles. The molecule has 0 bridgehead atoms. The maximum absolute atomic E-state index is 12.6. The molecule has 5 nitrogen and oxygen atoms in total. The van der Waals surface area contributed by atoms with E-state index in [9.17, 15) is 22.8 Å². The van der Waals surface area contributed by atoms with E-state index in [1.807, 2.05) is 31.2 Å². The van der Waals surface area contributed by atoms with Crippen LogP contribution in [0.2, 0.25) is 0 Å². The Hall–Kier alpha value is -2.68. The number of ether oxygens (including phenoxy) is 1. The number of nitrogens with zero attached hydrogens (tertiary/aromatic N) is 1. The normalized spacial score (nSPS) is 13.5. The molecular weight excluding hydrogens is 417 g/mol. The van der Waals surface area contributed by atoms with Crippen LogP contribution in [-0.2, 0) is 16.0 Å². The Labute approximate surface area is 176 Å². The van der Waals surface area contributed by atoms with E-state index in [1.54, 1.807) is 4.90 Å². The van der Waals surface area contributed by atoms with Gasteiger partial charge >= 0.3 is 6.36 Å². The summed E-state index contributed by atoms with van der Waals surface area (Å²) in [6.07, 6.45) is -3.54. The van der Waals surface area contributed by atoms with Gasteiger partial charge in [0.2, 0.25) is 11.8 Å². The molecule has 0 atom stereocenters. The van der Waals surface area contributed by atoms with Crippen LogP contribution in [0.5, 0.6) is 5.75 Å². The number of aryl methyl sites for hydroxylation is 2. The number of carbonyl (C=O) groups excluding carboxylic acids is 2. The van der Waals surface area contributed by atoms with E-state index in [4.69, 9.17) is 0 Å². The summed E-state index contributed by atoms with van der Waals surface area (Å²) in [5.74, 6) is -0.462. The maximum Gasteiger partial charge on any atom is 0.573 e. The van der Waals surface area contributed by atoms with E-state index < -0.39 is 6.36 Å². The van der Waals surface area contributed by atoms with Crippen LogP contribution in [0.1, 0.15) is 17.5 Å². The van der Waals surface area contributed by atoms with Crippen LogP contribution in [0, 0.1) is 6.92 Å². The molecule has 160 valence electrons. The molecule has 3 rings (SSSR count). The highest BCUT2D eigenvalue weighted by Gasteiger charge is 2.32. The number of hydrogen-bond acceptors (Lipinski definition) is 4. The third-order valence-corrected chi connectivity index (χ3v) is 5.42. The number of halogens is 3. The van der Waals surface area contributed by atoms with Gasteiger partial charge in [-0.05, 0) is 55.7 Å². The van der Waals surface area contributed by atoms with E-state index in [0.29, 0.717) is 36.3 Å². The predicted molar refractivity (Wildman–Crippen MR) is 111 cm³/mol. The van der Waals surface area contributed by atoms with E-state index in [-0.39, 0.29) is 29.1 Å². The predicted octanol–water partition coefficient (Wildman–Crippen LogP) is 4.54. The van der Waals surface area contributed by atoms with Gasteiger partial charge in [0.05, 0.1) is 11.5 Å². The zero-order valence-electron chi connectivity index (χ0n) is 16.3. The number of rotatable bonds is 6. The van der Waals surface area contributed by atoms with Crippen molar-refractivity contribution in [2.45, 2.75) is 26.1 Å². The second kappa shape index (κ2) is 9.42. The number of amides is 2. The van der Waals surface area contributed by atoms with Crippen molar-refractivity contribution < 1.29 is 27.5 Å². The van der Waals surface area contributed by atoms with Crippen LogP contribution in [0.25, 0.3) is 0 Å². The Kier molecular flexibility index (Phi) is 6.91.